The molecule has 4 rings (SSSR count). The predicted molar refractivity (Wildman–Crippen MR) is 120 cm³/mol. The van der Waals surface area contributed by atoms with Gasteiger partial charge in [0.05, 0.1) is 10.1 Å². The summed E-state index contributed by atoms with van der Waals surface area (Å²) >= 11 is 0. The number of sulfone groups is 1. The van der Waals surface area contributed by atoms with Crippen LogP contribution in [-0.2, 0) is 9.84 Å². The molecule has 0 aliphatic rings. The molecule has 4 heteroatoms. The minimum atomic E-state index is -3.74. The van der Waals surface area contributed by atoms with E-state index in [1.54, 1.807) is 54.6 Å². The number of carbonyl (C=O) groups is 1. The highest BCUT2D eigenvalue weighted by Crippen LogP contribution is 2.33. The molecule has 4 aromatic carbocycles. The fraction of sp³-hybridized carbons (Fsp3) is 0.115. The van der Waals surface area contributed by atoms with Gasteiger partial charge in [-0.3, -0.25) is 4.79 Å². The Morgan fingerprint density at radius 1 is 0.767 bits per heavy atom. The van der Waals surface area contributed by atoms with Crippen LogP contribution in [0.15, 0.2) is 102 Å². The van der Waals surface area contributed by atoms with E-state index >= 15 is 0 Å². The number of aryl methyl sites for hydroxylation is 1. The second-order valence-electron chi connectivity index (χ2n) is 7.45. The highest BCUT2D eigenvalue weighted by atomic mass is 32.2. The third-order valence-electron chi connectivity index (χ3n) is 5.34. The summed E-state index contributed by atoms with van der Waals surface area (Å²) in [7, 11) is -3.74. The fourth-order valence-corrected chi connectivity index (χ4v) is 5.35. The summed E-state index contributed by atoms with van der Waals surface area (Å²) in [5.74, 6) is -0.190. The summed E-state index contributed by atoms with van der Waals surface area (Å²) in [5.41, 5.74) is 2.12. The van der Waals surface area contributed by atoms with E-state index in [9.17, 15) is 13.2 Å². The van der Waals surface area contributed by atoms with Crippen molar-refractivity contribution in [2.75, 3.05) is 0 Å². The van der Waals surface area contributed by atoms with E-state index in [-0.39, 0.29) is 17.1 Å². The molecule has 0 saturated heterocycles. The summed E-state index contributed by atoms with van der Waals surface area (Å²) in [4.78, 5) is 13.4. The SMILES string of the molecule is Cc1ccc(S(=O)(=O)[C@@H](CC(=O)c2ccc3ccccc3c2)c2ccccc2)cc1. The van der Waals surface area contributed by atoms with E-state index in [1.165, 1.54) is 0 Å². The smallest absolute Gasteiger partial charge is 0.185 e. The van der Waals surface area contributed by atoms with Crippen LogP contribution in [0.2, 0.25) is 0 Å². The average molecular weight is 415 g/mol. The lowest BCUT2D eigenvalue weighted by Crippen LogP contribution is -2.18. The van der Waals surface area contributed by atoms with Gasteiger partial charge in [0.1, 0.15) is 0 Å². The first-order valence-corrected chi connectivity index (χ1v) is 11.4. The van der Waals surface area contributed by atoms with E-state index < -0.39 is 15.1 Å². The number of benzene rings is 4. The van der Waals surface area contributed by atoms with Crippen LogP contribution in [0.1, 0.15) is 33.2 Å². The number of fused-ring (bicyclic) bond motifs is 1. The highest BCUT2D eigenvalue weighted by molar-refractivity contribution is 7.91. The van der Waals surface area contributed by atoms with Crippen LogP contribution in [0, 0.1) is 6.92 Å². The normalized spacial score (nSPS) is 12.6. The first kappa shape index (κ1) is 20.0. The second kappa shape index (κ2) is 8.25. The second-order valence-corrected chi connectivity index (χ2v) is 9.58. The van der Waals surface area contributed by atoms with E-state index in [0.717, 1.165) is 16.3 Å². The average Bonchev–Trinajstić information content (AvgIpc) is 2.77. The zero-order chi connectivity index (χ0) is 21.1. The van der Waals surface area contributed by atoms with E-state index in [0.29, 0.717) is 11.1 Å². The first-order chi connectivity index (χ1) is 14.4. The molecule has 0 aliphatic carbocycles. The van der Waals surface area contributed by atoms with Gasteiger partial charge in [-0.25, -0.2) is 8.42 Å². The van der Waals surface area contributed by atoms with Gasteiger partial charge in [-0.15, -0.1) is 0 Å². The number of Topliss-reactive ketones (excluding diaryl/α,β-unsaturated/α-hetero) is 1. The summed E-state index contributed by atoms with van der Waals surface area (Å²) in [6.45, 7) is 1.91. The maximum absolute atomic E-state index is 13.5. The Morgan fingerprint density at radius 2 is 1.40 bits per heavy atom. The molecule has 0 bridgehead atoms. The van der Waals surface area contributed by atoms with Gasteiger partial charge in [0, 0.05) is 12.0 Å². The lowest BCUT2D eigenvalue weighted by Gasteiger charge is -2.18. The molecule has 30 heavy (non-hydrogen) atoms. The minimum Gasteiger partial charge on any atom is -0.294 e. The van der Waals surface area contributed by atoms with Crippen molar-refractivity contribution in [1.29, 1.82) is 0 Å². The Kier molecular flexibility index (Phi) is 5.51. The summed E-state index contributed by atoms with van der Waals surface area (Å²) < 4.78 is 26.9. The zero-order valence-corrected chi connectivity index (χ0v) is 17.5. The van der Waals surface area contributed by atoms with Crippen LogP contribution in [0.5, 0.6) is 0 Å². The van der Waals surface area contributed by atoms with Crippen molar-refractivity contribution in [2.45, 2.75) is 23.5 Å². The van der Waals surface area contributed by atoms with Gasteiger partial charge in [0.2, 0.25) is 0 Å². The van der Waals surface area contributed by atoms with E-state index in [4.69, 9.17) is 0 Å². The first-order valence-electron chi connectivity index (χ1n) is 9.83. The molecule has 0 saturated carbocycles. The van der Waals surface area contributed by atoms with Crippen LogP contribution < -0.4 is 0 Å². The number of ketones is 1. The van der Waals surface area contributed by atoms with Crippen molar-refractivity contribution in [2.24, 2.45) is 0 Å². The molecule has 0 aliphatic heterocycles. The molecule has 1 atom stereocenters. The van der Waals surface area contributed by atoms with Gasteiger partial charge in [0.25, 0.3) is 0 Å². The molecule has 0 spiro atoms. The lowest BCUT2D eigenvalue weighted by atomic mass is 10.00. The Balaban J connectivity index is 1.72. The van der Waals surface area contributed by atoms with Crippen molar-refractivity contribution in [3.63, 3.8) is 0 Å². The van der Waals surface area contributed by atoms with Crippen LogP contribution in [0.25, 0.3) is 10.8 Å². The van der Waals surface area contributed by atoms with Gasteiger partial charge in [-0.05, 0) is 41.5 Å². The molecule has 0 unspecified atom stereocenters. The minimum absolute atomic E-state index is 0.113. The topological polar surface area (TPSA) is 51.2 Å². The van der Waals surface area contributed by atoms with Crippen molar-refractivity contribution >= 4 is 26.4 Å². The molecule has 0 radical (unpaired) electrons. The van der Waals surface area contributed by atoms with Gasteiger partial charge in [-0.2, -0.15) is 0 Å². The third kappa shape index (κ3) is 4.05. The number of rotatable bonds is 6. The molecule has 150 valence electrons. The molecule has 0 heterocycles. The Bertz CT molecular complexity index is 1290. The number of hydrogen-bond donors (Lipinski definition) is 0. The molecule has 4 aromatic rings. The number of carbonyl (C=O) groups excluding carboxylic acids is 1. The standard InChI is InChI=1S/C26H22O3S/c1-19-11-15-24(16-12-19)30(28,29)26(21-8-3-2-4-9-21)18-25(27)23-14-13-20-7-5-6-10-22(20)17-23/h2-17,26H,18H2,1H3/t26-/m0/s1. The molecule has 0 aromatic heterocycles. The Morgan fingerprint density at radius 3 is 2.10 bits per heavy atom. The molecule has 3 nitrogen and oxygen atoms in total. The van der Waals surface area contributed by atoms with Gasteiger partial charge >= 0.3 is 0 Å². The van der Waals surface area contributed by atoms with Crippen LogP contribution in [0.4, 0.5) is 0 Å². The maximum Gasteiger partial charge on any atom is 0.185 e. The maximum atomic E-state index is 13.5. The summed E-state index contributed by atoms with van der Waals surface area (Å²) in [6.07, 6.45) is -0.113. The molecular weight excluding hydrogens is 392 g/mol. The molecular formula is C26H22O3S. The largest absolute Gasteiger partial charge is 0.294 e. The molecule has 0 fully saturated rings. The summed E-state index contributed by atoms with van der Waals surface area (Å²) in [6, 6.07) is 29.1. The number of hydrogen-bond acceptors (Lipinski definition) is 3. The predicted octanol–water partition coefficient (Wildman–Crippen LogP) is 5.94. The van der Waals surface area contributed by atoms with Crippen LogP contribution in [0.3, 0.4) is 0 Å². The molecule has 0 amide bonds. The summed E-state index contributed by atoms with van der Waals surface area (Å²) in [5, 5.41) is 1.06. The van der Waals surface area contributed by atoms with E-state index in [2.05, 4.69) is 0 Å². The monoisotopic (exact) mass is 414 g/mol. The van der Waals surface area contributed by atoms with Gasteiger partial charge in [0.15, 0.2) is 15.6 Å². The van der Waals surface area contributed by atoms with Crippen molar-refractivity contribution in [3.05, 3.63) is 114 Å². The third-order valence-corrected chi connectivity index (χ3v) is 7.45. The van der Waals surface area contributed by atoms with Crippen molar-refractivity contribution < 1.29 is 13.2 Å². The molecule has 0 N–H and O–H groups in total. The highest BCUT2D eigenvalue weighted by Gasteiger charge is 2.31. The van der Waals surface area contributed by atoms with Gasteiger partial charge in [-0.1, -0.05) is 84.4 Å². The lowest BCUT2D eigenvalue weighted by molar-refractivity contribution is 0.0981. The fourth-order valence-electron chi connectivity index (χ4n) is 3.62. The Labute approximate surface area is 176 Å². The van der Waals surface area contributed by atoms with Gasteiger partial charge < -0.3 is 0 Å². The van der Waals surface area contributed by atoms with Crippen molar-refractivity contribution in [3.8, 4) is 0 Å². The van der Waals surface area contributed by atoms with Crippen molar-refractivity contribution in [1.82, 2.24) is 0 Å². The quantitative estimate of drug-likeness (QED) is 0.367. The Hall–Kier alpha value is -3.24. The van der Waals surface area contributed by atoms with E-state index in [1.807, 2.05) is 49.4 Å². The zero-order valence-electron chi connectivity index (χ0n) is 16.7. The van der Waals surface area contributed by atoms with Crippen LogP contribution in [-0.4, -0.2) is 14.2 Å². The van der Waals surface area contributed by atoms with Crippen LogP contribution >= 0.6 is 0 Å².